The van der Waals surface area contributed by atoms with Crippen LogP contribution in [0.2, 0.25) is 0 Å². The van der Waals surface area contributed by atoms with Gasteiger partial charge in [0.25, 0.3) is 11.8 Å². The van der Waals surface area contributed by atoms with Gasteiger partial charge < -0.3 is 41.7 Å². The zero-order valence-corrected chi connectivity index (χ0v) is 47.9. The second kappa shape index (κ2) is 24.7. The lowest BCUT2D eigenvalue weighted by Crippen LogP contribution is -2.60. The molecule has 2 unspecified atom stereocenters. The molecule has 0 radical (unpaired) electrons. The number of amides is 9. The zero-order chi connectivity index (χ0) is 59.7. The van der Waals surface area contributed by atoms with Crippen LogP contribution >= 0.6 is 18.9 Å². The molecule has 1 aromatic heterocycles. The van der Waals surface area contributed by atoms with E-state index in [0.29, 0.717) is 53.7 Å². The van der Waals surface area contributed by atoms with Crippen molar-refractivity contribution in [2.75, 3.05) is 11.4 Å². The molecule has 3 fully saturated rings. The molecule has 4 aromatic rings. The van der Waals surface area contributed by atoms with E-state index in [-0.39, 0.29) is 84.9 Å². The molecule has 3 aromatic carbocycles. The molecule has 0 bridgehead atoms. The van der Waals surface area contributed by atoms with Gasteiger partial charge in [0.2, 0.25) is 41.4 Å². The number of benzene rings is 3. The van der Waals surface area contributed by atoms with Crippen molar-refractivity contribution in [2.45, 2.75) is 164 Å². The van der Waals surface area contributed by atoms with E-state index in [0.717, 1.165) is 97.9 Å². The Hall–Kier alpha value is -7.38. The SMILES string of the molecule is NC(=O)CC[C@H](NC(=O)[C@@H]1Cc2cccc3c2N1C(=O)[C@@H](NC(=O)c1cc2cc(C(F)(F)P(=O)(O)O)ccc2s1)CC3)C(=O)NC1(C(=O)NCCCCCCCC#Cc2cccc3c2CN(C2CCC(=O)NC2=O)C3=O)C[C@H]1C1CCCCC1. The van der Waals surface area contributed by atoms with Crippen molar-refractivity contribution < 1.29 is 66.3 Å². The van der Waals surface area contributed by atoms with Crippen molar-refractivity contribution in [2.24, 2.45) is 17.6 Å². The summed E-state index contributed by atoms with van der Waals surface area (Å²) in [5.74, 6) is 1.67. The molecule has 10 rings (SSSR count). The van der Waals surface area contributed by atoms with Crippen molar-refractivity contribution in [1.82, 2.24) is 31.5 Å². The lowest BCUT2D eigenvalue weighted by molar-refractivity contribution is -0.137. The van der Waals surface area contributed by atoms with Gasteiger partial charge in [0.15, 0.2) is 0 Å². The number of piperidine rings is 1. The van der Waals surface area contributed by atoms with E-state index in [9.17, 15) is 66.3 Å². The van der Waals surface area contributed by atoms with Gasteiger partial charge in [-0.2, -0.15) is 8.78 Å². The molecule has 9 amide bonds. The average Bonchev–Trinajstić information content (AvgIpc) is 3.59. The van der Waals surface area contributed by atoms with Crippen LogP contribution in [0.25, 0.3) is 10.1 Å². The van der Waals surface area contributed by atoms with Gasteiger partial charge in [0.05, 0.1) is 10.6 Å². The number of aryl methyl sites for hydroxylation is 1. The molecule has 0 spiro atoms. The molecule has 5 heterocycles. The van der Waals surface area contributed by atoms with E-state index in [4.69, 9.17) is 5.73 Å². The number of nitrogens with one attached hydrogen (secondary N) is 5. The number of imide groups is 1. The first-order chi connectivity index (χ1) is 40.1. The molecule has 6 atom stereocenters. The fourth-order valence-electron chi connectivity index (χ4n) is 12.8. The first-order valence-corrected chi connectivity index (χ1v) is 31.2. The first-order valence-electron chi connectivity index (χ1n) is 28.8. The largest absolute Gasteiger partial charge is 0.399 e. The molecule has 20 nitrogen and oxygen atoms in total. The van der Waals surface area contributed by atoms with Gasteiger partial charge in [-0.1, -0.05) is 93.5 Å². The van der Waals surface area contributed by atoms with Crippen LogP contribution in [0, 0.1) is 23.7 Å². The molecule has 9 N–H and O–H groups in total. The highest BCUT2D eigenvalue weighted by atomic mass is 32.1. The number of anilines is 1. The Morgan fingerprint density at radius 2 is 1.65 bits per heavy atom. The summed E-state index contributed by atoms with van der Waals surface area (Å²) in [5, 5.41) is 14.1. The van der Waals surface area contributed by atoms with Gasteiger partial charge in [-0.25, -0.2) is 0 Å². The van der Waals surface area contributed by atoms with Crippen LogP contribution < -0.4 is 37.2 Å². The van der Waals surface area contributed by atoms with Gasteiger partial charge in [-0.05, 0) is 109 Å². The Kier molecular flexibility index (Phi) is 17.6. The summed E-state index contributed by atoms with van der Waals surface area (Å²) < 4.78 is 41.1. The van der Waals surface area contributed by atoms with Crippen LogP contribution in [-0.4, -0.2) is 104 Å². The third-order valence-corrected chi connectivity index (χ3v) is 19.4. The van der Waals surface area contributed by atoms with Gasteiger partial charge in [0, 0.05) is 60.2 Å². The normalized spacial score (nSPS) is 22.5. The number of fused-ring (bicyclic) bond motifs is 2. The predicted octanol–water partition coefficient (Wildman–Crippen LogP) is 5.61. The fraction of sp³-hybridized carbons (Fsp3) is 0.483. The van der Waals surface area contributed by atoms with Gasteiger partial charge >= 0.3 is 13.3 Å². The zero-order valence-electron chi connectivity index (χ0n) is 46.1. The van der Waals surface area contributed by atoms with Gasteiger partial charge in [-0.15, -0.1) is 11.3 Å². The average molecular weight is 1190 g/mol. The van der Waals surface area contributed by atoms with Gasteiger partial charge in [-0.3, -0.25) is 57.9 Å². The highest BCUT2D eigenvalue weighted by molar-refractivity contribution is 7.52. The highest BCUT2D eigenvalue weighted by Gasteiger charge is 2.64. The van der Waals surface area contributed by atoms with Crippen molar-refractivity contribution in [1.29, 1.82) is 0 Å². The minimum absolute atomic E-state index is 0.0358. The number of unbranched alkanes of at least 4 members (excludes halogenated alkanes) is 5. The van der Waals surface area contributed by atoms with Crippen molar-refractivity contribution in [3.8, 4) is 11.8 Å². The van der Waals surface area contributed by atoms with Crippen molar-refractivity contribution >= 4 is 87.9 Å². The summed E-state index contributed by atoms with van der Waals surface area (Å²) in [6.07, 6.45) is 10.5. The minimum Gasteiger partial charge on any atom is -0.370 e. The predicted molar refractivity (Wildman–Crippen MR) is 305 cm³/mol. The van der Waals surface area contributed by atoms with Crippen LogP contribution in [0.3, 0.4) is 0 Å². The summed E-state index contributed by atoms with van der Waals surface area (Å²) in [6.45, 7) is 0.616. The third-order valence-electron chi connectivity index (χ3n) is 17.3. The van der Waals surface area contributed by atoms with Crippen LogP contribution in [-0.2, 0) is 63.2 Å². The highest BCUT2D eigenvalue weighted by Crippen LogP contribution is 2.59. The number of primary amides is 1. The molecular weight excluding hydrogens is 1130 g/mol. The number of nitrogens with zero attached hydrogens (tertiary/aromatic N) is 2. The minimum atomic E-state index is -5.87. The number of carbonyl (C=O) groups excluding carboxylic acids is 9. The summed E-state index contributed by atoms with van der Waals surface area (Å²) >= 11 is 0.927. The van der Waals surface area contributed by atoms with E-state index in [1.165, 1.54) is 21.9 Å². The Morgan fingerprint density at radius 3 is 2.42 bits per heavy atom. The van der Waals surface area contributed by atoms with E-state index in [1.54, 1.807) is 24.3 Å². The van der Waals surface area contributed by atoms with E-state index >= 15 is 0 Å². The maximum absolute atomic E-state index is 14.7. The number of hydrogen-bond donors (Lipinski definition) is 8. The summed E-state index contributed by atoms with van der Waals surface area (Å²) in [6, 6.07) is 10.7. The maximum atomic E-state index is 14.7. The van der Waals surface area contributed by atoms with Crippen molar-refractivity contribution in [3.05, 3.63) is 98.9 Å². The first kappa shape index (κ1) is 59.8. The molecule has 2 aliphatic carbocycles. The Bertz CT molecular complexity index is 3460. The third kappa shape index (κ3) is 12.4. The molecular formula is C60H67F2N8O12PS. The van der Waals surface area contributed by atoms with E-state index in [2.05, 4.69) is 38.4 Å². The van der Waals surface area contributed by atoms with Crippen LogP contribution in [0.5, 0.6) is 0 Å². The Balaban J connectivity index is 0.749. The molecule has 4 aliphatic heterocycles. The number of nitrogens with two attached hydrogens (primary N) is 1. The number of halogens is 2. The number of alkyl halides is 2. The van der Waals surface area contributed by atoms with Crippen molar-refractivity contribution in [3.63, 3.8) is 0 Å². The summed E-state index contributed by atoms with van der Waals surface area (Å²) in [4.78, 5) is 143. The second-order valence-electron chi connectivity index (χ2n) is 22.9. The fourth-order valence-corrected chi connectivity index (χ4v) is 14.2. The standard InChI is InChI=1S/C60H67F2N8O12PS/c61-60(62,83(80,81)82)39-21-25-47-38(29-39)31-48(84-47)55(76)66-44-22-20-36-17-11-18-37-30-46(70(51(36)37)57(44)78)54(75)65-43(23-26-49(63)71)52(73)68-59(32-42(59)35-14-8-6-9-15-35)58(79)64-28-10-5-3-1-2-4-7-13-34-16-12-19-40-41(34)33-69(56(40)77)45-24-27-50(72)67-53(45)74/h11-12,16-19,21,25,29,31,35,42-46H,1-6,8-10,14-15,20,22-24,26-28,30,32-33H2,(H2,63,71)(H,64,79)(H,65,75)(H,66,76)(H,68,73)(H,67,72,74)(H2,80,81,82)/t42-,43-,44-,45?,46-,59?/m0/s1. The number of carbonyl (C=O) groups is 9. The molecule has 24 heteroatoms. The molecule has 2 saturated carbocycles. The van der Waals surface area contributed by atoms with E-state index in [1.807, 2.05) is 12.1 Å². The molecule has 6 aliphatic rings. The number of para-hydroxylation sites is 1. The summed E-state index contributed by atoms with van der Waals surface area (Å²) in [7, 11) is -5.87. The maximum Gasteiger partial charge on any atom is 0.399 e. The molecule has 84 heavy (non-hydrogen) atoms. The van der Waals surface area contributed by atoms with Crippen LogP contribution in [0.4, 0.5) is 14.5 Å². The number of hydrogen-bond acceptors (Lipinski definition) is 11. The molecule has 1 saturated heterocycles. The van der Waals surface area contributed by atoms with Gasteiger partial charge in [0.1, 0.15) is 29.7 Å². The topological polar surface area (TPSA) is 304 Å². The monoisotopic (exact) mass is 1190 g/mol. The lowest BCUT2D eigenvalue weighted by Gasteiger charge is -2.30. The Labute approximate surface area is 487 Å². The van der Waals surface area contributed by atoms with Crippen LogP contribution in [0.15, 0.2) is 60.7 Å². The number of rotatable bonds is 21. The number of thiophene rings is 1. The Morgan fingerprint density at radius 1 is 0.905 bits per heavy atom. The van der Waals surface area contributed by atoms with E-state index < -0.39 is 84.0 Å². The quantitative estimate of drug-likeness (QED) is 0.0219. The second-order valence-corrected chi connectivity index (χ2v) is 25.6. The smallest absolute Gasteiger partial charge is 0.370 e. The van der Waals surface area contributed by atoms with Crippen LogP contribution in [0.1, 0.15) is 157 Å². The lowest BCUT2D eigenvalue weighted by atomic mass is 9.84. The summed E-state index contributed by atoms with van der Waals surface area (Å²) in [5.41, 5.74) is 2.88. The molecule has 444 valence electrons.